The van der Waals surface area contributed by atoms with E-state index in [-0.39, 0.29) is 0 Å². The summed E-state index contributed by atoms with van der Waals surface area (Å²) in [6.07, 6.45) is 5.25. The quantitative estimate of drug-likeness (QED) is 0.608. The van der Waals surface area contributed by atoms with Crippen LogP contribution in [-0.4, -0.2) is 20.2 Å². The van der Waals surface area contributed by atoms with Crippen molar-refractivity contribution in [1.82, 2.24) is 5.32 Å². The molecular weight excluding hydrogens is 246 g/mol. The summed E-state index contributed by atoms with van der Waals surface area (Å²) in [4.78, 5) is 0. The fraction of sp³-hybridized carbons (Fsp3) is 0.222. The second-order valence-electron chi connectivity index (χ2n) is 4.62. The monoisotopic (exact) mass is 267 g/mol. The summed E-state index contributed by atoms with van der Waals surface area (Å²) in [5, 5.41) is 3.11. The zero-order chi connectivity index (χ0) is 14.0. The smallest absolute Gasteiger partial charge is 0.119 e. The maximum atomic E-state index is 5.66. The van der Waals surface area contributed by atoms with E-state index in [9.17, 15) is 0 Å². The number of hydrogen-bond donors (Lipinski definition) is 1. The molecule has 0 aliphatic heterocycles. The van der Waals surface area contributed by atoms with Crippen LogP contribution in [0.15, 0.2) is 54.6 Å². The maximum absolute atomic E-state index is 5.66. The van der Waals surface area contributed by atoms with Gasteiger partial charge in [0.25, 0.3) is 0 Å². The zero-order valence-electron chi connectivity index (χ0n) is 11.9. The molecule has 0 atom stereocenters. The lowest BCUT2D eigenvalue weighted by molar-refractivity contribution is 0.310. The fourth-order valence-electron chi connectivity index (χ4n) is 1.87. The zero-order valence-corrected chi connectivity index (χ0v) is 11.9. The van der Waals surface area contributed by atoms with Crippen molar-refractivity contribution >= 4 is 12.2 Å². The van der Waals surface area contributed by atoms with Gasteiger partial charge in [-0.25, -0.2) is 0 Å². The van der Waals surface area contributed by atoms with Crippen molar-refractivity contribution in [3.05, 3.63) is 65.7 Å². The van der Waals surface area contributed by atoms with Crippen LogP contribution in [0.5, 0.6) is 5.75 Å². The fourth-order valence-corrected chi connectivity index (χ4v) is 1.87. The van der Waals surface area contributed by atoms with E-state index in [0.717, 1.165) is 25.3 Å². The van der Waals surface area contributed by atoms with Crippen molar-refractivity contribution < 1.29 is 4.74 Å². The first-order valence-corrected chi connectivity index (χ1v) is 6.99. The van der Waals surface area contributed by atoms with Gasteiger partial charge in [-0.15, -0.1) is 0 Å². The van der Waals surface area contributed by atoms with Crippen LogP contribution in [0.25, 0.3) is 12.2 Å². The van der Waals surface area contributed by atoms with Crippen molar-refractivity contribution in [3.63, 3.8) is 0 Å². The molecule has 0 saturated heterocycles. The number of ether oxygens (including phenoxy) is 1. The lowest BCUT2D eigenvalue weighted by Crippen LogP contribution is -2.11. The standard InChI is InChI=1S/C18H21NO/c1-19-14-5-15-20-18-12-10-17(11-13-18)9-8-16-6-3-2-4-7-16/h2-4,6-13,19H,5,14-15H2,1H3. The average molecular weight is 267 g/mol. The van der Waals surface area contributed by atoms with Crippen LogP contribution in [0.1, 0.15) is 17.5 Å². The summed E-state index contributed by atoms with van der Waals surface area (Å²) in [5.41, 5.74) is 2.39. The van der Waals surface area contributed by atoms with Gasteiger partial charge in [-0.3, -0.25) is 0 Å². The minimum atomic E-state index is 0.750. The summed E-state index contributed by atoms with van der Waals surface area (Å²) in [6, 6.07) is 18.5. The van der Waals surface area contributed by atoms with Gasteiger partial charge in [0.2, 0.25) is 0 Å². The van der Waals surface area contributed by atoms with E-state index >= 15 is 0 Å². The molecule has 20 heavy (non-hydrogen) atoms. The molecule has 0 radical (unpaired) electrons. The molecule has 0 saturated carbocycles. The van der Waals surface area contributed by atoms with Gasteiger partial charge in [0.05, 0.1) is 6.61 Å². The molecule has 0 aliphatic rings. The van der Waals surface area contributed by atoms with Gasteiger partial charge in [-0.05, 0) is 43.3 Å². The van der Waals surface area contributed by atoms with Gasteiger partial charge in [0.15, 0.2) is 0 Å². The molecule has 0 heterocycles. The Hall–Kier alpha value is -2.06. The molecule has 2 aromatic carbocycles. The van der Waals surface area contributed by atoms with Gasteiger partial charge in [-0.1, -0.05) is 54.6 Å². The minimum Gasteiger partial charge on any atom is -0.494 e. The van der Waals surface area contributed by atoms with Crippen LogP contribution in [0.4, 0.5) is 0 Å². The van der Waals surface area contributed by atoms with Crippen molar-refractivity contribution in [1.29, 1.82) is 0 Å². The van der Waals surface area contributed by atoms with Crippen LogP contribution < -0.4 is 10.1 Å². The third kappa shape index (κ3) is 4.90. The minimum absolute atomic E-state index is 0.750. The van der Waals surface area contributed by atoms with Crippen LogP contribution in [0.2, 0.25) is 0 Å². The van der Waals surface area contributed by atoms with Gasteiger partial charge in [-0.2, -0.15) is 0 Å². The SMILES string of the molecule is CNCCCOc1ccc(C=Cc2ccccc2)cc1. The van der Waals surface area contributed by atoms with E-state index < -0.39 is 0 Å². The molecular formula is C18H21NO. The molecule has 0 aromatic heterocycles. The lowest BCUT2D eigenvalue weighted by atomic mass is 10.1. The van der Waals surface area contributed by atoms with Gasteiger partial charge >= 0.3 is 0 Å². The Kier molecular flexibility index (Phi) is 5.87. The molecule has 104 valence electrons. The lowest BCUT2D eigenvalue weighted by Gasteiger charge is -2.05. The maximum Gasteiger partial charge on any atom is 0.119 e. The van der Waals surface area contributed by atoms with Crippen molar-refractivity contribution in [2.75, 3.05) is 20.2 Å². The van der Waals surface area contributed by atoms with E-state index in [1.165, 1.54) is 11.1 Å². The Morgan fingerprint density at radius 1 is 0.900 bits per heavy atom. The molecule has 2 nitrogen and oxygen atoms in total. The predicted octanol–water partition coefficient (Wildman–Crippen LogP) is 3.85. The first kappa shape index (κ1) is 14.4. The topological polar surface area (TPSA) is 21.3 Å². The predicted molar refractivity (Wildman–Crippen MR) is 85.9 cm³/mol. The Morgan fingerprint density at radius 3 is 2.20 bits per heavy atom. The Labute approximate surface area is 121 Å². The highest BCUT2D eigenvalue weighted by Gasteiger charge is 1.93. The van der Waals surface area contributed by atoms with E-state index in [4.69, 9.17) is 4.74 Å². The highest BCUT2D eigenvalue weighted by Crippen LogP contribution is 2.14. The molecule has 0 aliphatic carbocycles. The number of benzene rings is 2. The van der Waals surface area contributed by atoms with Crippen LogP contribution in [0, 0.1) is 0 Å². The highest BCUT2D eigenvalue weighted by atomic mass is 16.5. The van der Waals surface area contributed by atoms with E-state index in [2.05, 4.69) is 41.7 Å². The number of nitrogens with one attached hydrogen (secondary N) is 1. The van der Waals surface area contributed by atoms with Crippen LogP contribution in [0.3, 0.4) is 0 Å². The highest BCUT2D eigenvalue weighted by molar-refractivity contribution is 5.69. The molecule has 0 amide bonds. The molecule has 0 fully saturated rings. The molecule has 2 heteroatoms. The summed E-state index contributed by atoms with van der Waals surface area (Å²) >= 11 is 0. The van der Waals surface area contributed by atoms with Gasteiger partial charge < -0.3 is 10.1 Å². The average Bonchev–Trinajstić information content (AvgIpc) is 2.52. The summed E-state index contributed by atoms with van der Waals surface area (Å²) in [6.45, 7) is 1.73. The van der Waals surface area contributed by atoms with Crippen LogP contribution in [-0.2, 0) is 0 Å². The third-order valence-corrected chi connectivity index (χ3v) is 2.99. The Bertz CT molecular complexity index is 517. The summed E-state index contributed by atoms with van der Waals surface area (Å²) in [7, 11) is 1.95. The number of rotatable bonds is 7. The second kappa shape index (κ2) is 8.18. The summed E-state index contributed by atoms with van der Waals surface area (Å²) in [5.74, 6) is 0.929. The van der Waals surface area contributed by atoms with Crippen molar-refractivity contribution in [3.8, 4) is 5.75 Å². The second-order valence-corrected chi connectivity index (χ2v) is 4.62. The first-order valence-electron chi connectivity index (χ1n) is 6.99. The largest absolute Gasteiger partial charge is 0.494 e. The van der Waals surface area contributed by atoms with Crippen LogP contribution >= 0.6 is 0 Å². The van der Waals surface area contributed by atoms with Gasteiger partial charge in [0, 0.05) is 0 Å². The molecule has 1 N–H and O–H groups in total. The van der Waals surface area contributed by atoms with Crippen molar-refractivity contribution in [2.24, 2.45) is 0 Å². The third-order valence-electron chi connectivity index (χ3n) is 2.99. The molecule has 0 spiro atoms. The first-order chi connectivity index (χ1) is 9.88. The Morgan fingerprint density at radius 2 is 1.55 bits per heavy atom. The Balaban J connectivity index is 1.87. The normalized spacial score (nSPS) is 10.8. The van der Waals surface area contributed by atoms with E-state index in [1.807, 2.05) is 37.4 Å². The molecule has 2 aromatic rings. The van der Waals surface area contributed by atoms with Crippen molar-refractivity contribution in [2.45, 2.75) is 6.42 Å². The van der Waals surface area contributed by atoms with Gasteiger partial charge in [0.1, 0.15) is 5.75 Å². The number of hydrogen-bond acceptors (Lipinski definition) is 2. The molecule has 0 unspecified atom stereocenters. The summed E-state index contributed by atoms with van der Waals surface area (Å²) < 4.78 is 5.66. The molecule has 2 rings (SSSR count). The van der Waals surface area contributed by atoms with E-state index in [1.54, 1.807) is 0 Å². The van der Waals surface area contributed by atoms with E-state index in [0.29, 0.717) is 0 Å². The molecule has 0 bridgehead atoms.